The molecule has 9 nitrogen and oxygen atoms in total. The number of thioether (sulfide) groups is 1. The second-order valence-corrected chi connectivity index (χ2v) is 11.5. The van der Waals surface area contributed by atoms with E-state index in [4.69, 9.17) is 4.74 Å². The summed E-state index contributed by atoms with van der Waals surface area (Å²) < 4.78 is 62.2. The van der Waals surface area contributed by atoms with Crippen molar-refractivity contribution >= 4 is 29.4 Å². The molecule has 0 spiro atoms. The van der Waals surface area contributed by atoms with Gasteiger partial charge in [-0.25, -0.2) is 14.1 Å². The van der Waals surface area contributed by atoms with Gasteiger partial charge in [-0.3, -0.25) is 9.59 Å². The van der Waals surface area contributed by atoms with Crippen molar-refractivity contribution in [3.63, 3.8) is 0 Å². The topological polar surface area (TPSA) is 122 Å². The highest BCUT2D eigenvalue weighted by atomic mass is 32.2. The average molecular weight is 599 g/mol. The summed E-state index contributed by atoms with van der Waals surface area (Å²) in [6.07, 6.45) is -4.11. The number of nitriles is 1. The molecule has 1 saturated heterocycles. The summed E-state index contributed by atoms with van der Waals surface area (Å²) in [6, 6.07) is 6.73. The van der Waals surface area contributed by atoms with Gasteiger partial charge in [-0.15, -0.1) is 5.10 Å². The van der Waals surface area contributed by atoms with Gasteiger partial charge in [0.1, 0.15) is 17.9 Å². The van der Waals surface area contributed by atoms with Crippen molar-refractivity contribution in [2.75, 3.05) is 18.1 Å². The van der Waals surface area contributed by atoms with Crippen LogP contribution in [0.25, 0.3) is 5.69 Å². The molecule has 0 aromatic carbocycles. The van der Waals surface area contributed by atoms with E-state index in [1.807, 2.05) is 6.07 Å². The van der Waals surface area contributed by atoms with Gasteiger partial charge in [0.25, 0.3) is 0 Å². The zero-order chi connectivity index (χ0) is 30.5. The maximum absolute atomic E-state index is 14.4. The highest BCUT2D eigenvalue weighted by molar-refractivity contribution is 8.00. The van der Waals surface area contributed by atoms with Crippen LogP contribution in [0.1, 0.15) is 64.3 Å². The molecule has 3 rings (SSSR count). The van der Waals surface area contributed by atoms with Gasteiger partial charge < -0.3 is 15.4 Å². The van der Waals surface area contributed by atoms with E-state index >= 15 is 0 Å². The molecule has 1 aliphatic heterocycles. The highest BCUT2D eigenvalue weighted by Crippen LogP contribution is 2.37. The fraction of sp³-hybridized carbons (Fsp3) is 0.593. The first-order chi connectivity index (χ1) is 19.2. The van der Waals surface area contributed by atoms with Gasteiger partial charge in [-0.2, -0.15) is 30.2 Å². The molecule has 41 heavy (non-hydrogen) atoms. The van der Waals surface area contributed by atoms with Gasteiger partial charge in [-0.1, -0.05) is 13.8 Å². The predicted molar refractivity (Wildman–Crippen MR) is 146 cm³/mol. The number of carbonyl (C=O) groups excluding carboxylic acids is 2. The molecule has 3 heterocycles. The Bertz CT molecular complexity index is 1280. The Morgan fingerprint density at radius 1 is 1.37 bits per heavy atom. The molecule has 0 aliphatic carbocycles. The lowest BCUT2D eigenvalue weighted by Gasteiger charge is -2.34. The second kappa shape index (κ2) is 13.2. The van der Waals surface area contributed by atoms with E-state index in [-0.39, 0.29) is 43.2 Å². The number of nitrogens with zero attached hydrogens (tertiary/aromatic N) is 4. The third-order valence-corrected chi connectivity index (χ3v) is 8.10. The van der Waals surface area contributed by atoms with Crippen LogP contribution in [0.4, 0.5) is 23.4 Å². The molecule has 2 aromatic heterocycles. The lowest BCUT2D eigenvalue weighted by Crippen LogP contribution is -2.45. The summed E-state index contributed by atoms with van der Waals surface area (Å²) in [4.78, 5) is 29.2. The largest absolute Gasteiger partial charge is 0.416 e. The number of hydrogen-bond donors (Lipinski definition) is 2. The number of hydrogen-bond acceptors (Lipinski definition) is 7. The van der Waals surface area contributed by atoms with Gasteiger partial charge in [0.2, 0.25) is 11.8 Å². The number of carbonyl (C=O) groups is 2. The molecule has 224 valence electrons. The van der Waals surface area contributed by atoms with Crippen LogP contribution >= 0.6 is 11.8 Å². The Hall–Kier alpha value is -3.18. The smallest absolute Gasteiger partial charge is 0.363 e. The molecule has 2 aromatic rings. The van der Waals surface area contributed by atoms with E-state index < -0.39 is 47.0 Å². The number of nitrogens with one attached hydrogen (secondary N) is 2. The van der Waals surface area contributed by atoms with Crippen LogP contribution in [0.2, 0.25) is 0 Å². The van der Waals surface area contributed by atoms with Crippen molar-refractivity contribution in [3.05, 3.63) is 35.8 Å². The molecular weight excluding hydrogens is 564 g/mol. The monoisotopic (exact) mass is 598 g/mol. The summed E-state index contributed by atoms with van der Waals surface area (Å²) in [5.41, 5.74) is -1.74. The molecule has 0 radical (unpaired) electrons. The van der Waals surface area contributed by atoms with Crippen LogP contribution in [-0.2, 0) is 14.3 Å². The van der Waals surface area contributed by atoms with E-state index in [1.54, 1.807) is 38.3 Å². The minimum atomic E-state index is -4.67. The zero-order valence-corrected chi connectivity index (χ0v) is 24.3. The van der Waals surface area contributed by atoms with Crippen molar-refractivity contribution in [2.24, 2.45) is 5.92 Å². The Morgan fingerprint density at radius 3 is 2.68 bits per heavy atom. The van der Waals surface area contributed by atoms with Crippen molar-refractivity contribution in [1.29, 1.82) is 5.26 Å². The molecule has 1 fully saturated rings. The highest BCUT2D eigenvalue weighted by Gasteiger charge is 2.50. The van der Waals surface area contributed by atoms with Crippen molar-refractivity contribution < 1.29 is 31.9 Å². The number of alkyl halides is 4. The Kier molecular flexibility index (Phi) is 10.4. The summed E-state index contributed by atoms with van der Waals surface area (Å²) in [6.45, 7) is 5.30. The van der Waals surface area contributed by atoms with Gasteiger partial charge in [0.05, 0.1) is 17.3 Å². The van der Waals surface area contributed by atoms with Crippen LogP contribution in [0.3, 0.4) is 0 Å². The van der Waals surface area contributed by atoms with E-state index in [9.17, 15) is 32.4 Å². The first kappa shape index (κ1) is 32.3. The molecular formula is C27H34F4N6O3S. The number of aromatic nitrogens is 3. The molecule has 4 unspecified atom stereocenters. The van der Waals surface area contributed by atoms with Crippen LogP contribution in [-0.4, -0.2) is 68.7 Å². The first-order valence-corrected chi connectivity index (χ1v) is 14.5. The lowest BCUT2D eigenvalue weighted by atomic mass is 9.95. The third-order valence-electron chi connectivity index (χ3n) is 7.05. The third kappa shape index (κ3) is 7.56. The van der Waals surface area contributed by atoms with Crippen molar-refractivity contribution in [2.45, 2.75) is 82.2 Å². The fourth-order valence-electron chi connectivity index (χ4n) is 4.62. The standard InChI is InChI=1S/C27H34F4N6O3S/c1-6-16(28)11-17(40-26(3,4)27(29,30)31)10-15(2)21-12-22(35-24(38)18-14-34-25(39)23(18)41-5)36-37(21)20-8-7-9-33-19(20)13-32/h7-9,12,15-18,23H,6,10-11,14H2,1-5H3,(H,34,39)(H,35,36,38)/t15?,16?,17?,18-,23?/m0/s1. The number of amides is 2. The average Bonchev–Trinajstić information content (AvgIpc) is 3.50. The van der Waals surface area contributed by atoms with Crippen LogP contribution in [0.5, 0.6) is 0 Å². The quantitative estimate of drug-likeness (QED) is 0.333. The number of ether oxygens (including phenoxy) is 1. The number of pyridine rings is 1. The molecule has 5 atom stereocenters. The molecule has 2 amide bonds. The SMILES string of the molecule is CCC(F)CC(CC(C)c1cc(NC(=O)[C@H]2CNC(=O)C2SC)nn1-c1cccnc1C#N)OC(C)(C)C(F)(F)F. The minimum absolute atomic E-state index is 0.00322. The van der Waals surface area contributed by atoms with Gasteiger partial charge >= 0.3 is 6.18 Å². The Morgan fingerprint density at radius 2 is 2.07 bits per heavy atom. The van der Waals surface area contributed by atoms with E-state index in [1.165, 1.54) is 22.6 Å². The van der Waals surface area contributed by atoms with E-state index in [2.05, 4.69) is 20.7 Å². The summed E-state index contributed by atoms with van der Waals surface area (Å²) >= 11 is 1.25. The fourth-order valence-corrected chi connectivity index (χ4v) is 5.46. The molecule has 14 heteroatoms. The maximum Gasteiger partial charge on any atom is 0.416 e. The second-order valence-electron chi connectivity index (χ2n) is 10.5. The molecule has 1 aliphatic rings. The molecule has 0 saturated carbocycles. The van der Waals surface area contributed by atoms with Crippen LogP contribution < -0.4 is 10.6 Å². The number of anilines is 1. The van der Waals surface area contributed by atoms with Gasteiger partial charge in [0, 0.05) is 36.8 Å². The van der Waals surface area contributed by atoms with E-state index in [0.29, 0.717) is 11.4 Å². The van der Waals surface area contributed by atoms with Crippen molar-refractivity contribution in [1.82, 2.24) is 20.1 Å². The summed E-state index contributed by atoms with van der Waals surface area (Å²) in [5.74, 6) is -1.75. The molecule has 2 N–H and O–H groups in total. The number of rotatable bonds is 12. The maximum atomic E-state index is 14.4. The predicted octanol–water partition coefficient (Wildman–Crippen LogP) is 4.91. The Labute approximate surface area is 240 Å². The summed E-state index contributed by atoms with van der Waals surface area (Å²) in [7, 11) is 0. The normalized spacial score (nSPS) is 19.8. The van der Waals surface area contributed by atoms with Crippen molar-refractivity contribution in [3.8, 4) is 11.8 Å². The van der Waals surface area contributed by atoms with Gasteiger partial charge in [-0.05, 0) is 45.1 Å². The first-order valence-electron chi connectivity index (χ1n) is 13.2. The molecule has 0 bridgehead atoms. The summed E-state index contributed by atoms with van der Waals surface area (Å²) in [5, 5.41) is 18.9. The van der Waals surface area contributed by atoms with Crippen LogP contribution in [0.15, 0.2) is 24.4 Å². The number of halogens is 4. The zero-order valence-electron chi connectivity index (χ0n) is 23.5. The van der Waals surface area contributed by atoms with Crippen LogP contribution in [0, 0.1) is 17.2 Å². The minimum Gasteiger partial charge on any atom is -0.363 e. The van der Waals surface area contributed by atoms with E-state index in [0.717, 1.165) is 13.8 Å². The lowest BCUT2D eigenvalue weighted by molar-refractivity contribution is -0.279. The van der Waals surface area contributed by atoms with Gasteiger partial charge in [0.15, 0.2) is 17.1 Å². The Balaban J connectivity index is 1.97.